The lowest BCUT2D eigenvalue weighted by Gasteiger charge is -2.12. The van der Waals surface area contributed by atoms with Gasteiger partial charge in [0.15, 0.2) is 0 Å². The van der Waals surface area contributed by atoms with Crippen LogP contribution < -0.4 is 11.3 Å². The number of aromatic amines is 1. The topological polar surface area (TPSA) is 63.8 Å². The summed E-state index contributed by atoms with van der Waals surface area (Å²) in [5, 5.41) is 2.63. The van der Waals surface area contributed by atoms with Gasteiger partial charge in [-0.15, -0.1) is 0 Å². The predicted octanol–water partition coefficient (Wildman–Crippen LogP) is 2.44. The summed E-state index contributed by atoms with van der Waals surface area (Å²) in [4.78, 5) is 11.8. The molecule has 1 aromatic heterocycles. The second kappa shape index (κ2) is 4.73. The minimum atomic E-state index is -4.41. The molecule has 0 saturated heterocycles. The number of nitrogen functional groups attached to an aromatic ring is 1. The molecule has 2 rings (SSSR count). The average molecular weight is 285 g/mol. The third-order valence-electron chi connectivity index (χ3n) is 3.17. The molecule has 4 nitrogen and oxygen atoms in total. The number of rotatable bonds is 2. The van der Waals surface area contributed by atoms with Gasteiger partial charge >= 0.3 is 6.18 Å². The molecule has 108 valence electrons. The van der Waals surface area contributed by atoms with Gasteiger partial charge in [0.05, 0.1) is 17.7 Å². The number of anilines is 1. The van der Waals surface area contributed by atoms with Gasteiger partial charge in [-0.2, -0.15) is 13.2 Å². The van der Waals surface area contributed by atoms with Crippen molar-refractivity contribution in [2.45, 2.75) is 26.6 Å². The fourth-order valence-corrected chi connectivity index (χ4v) is 1.96. The molecule has 0 saturated carbocycles. The molecule has 0 aliphatic rings. The minimum absolute atomic E-state index is 0.0141. The van der Waals surface area contributed by atoms with E-state index in [0.29, 0.717) is 11.1 Å². The van der Waals surface area contributed by atoms with Gasteiger partial charge in [-0.05, 0) is 31.0 Å². The molecule has 7 heteroatoms. The first-order valence-corrected chi connectivity index (χ1v) is 5.91. The molecule has 0 atom stereocenters. The molecule has 0 amide bonds. The summed E-state index contributed by atoms with van der Waals surface area (Å²) in [5.41, 5.74) is 5.41. The zero-order valence-corrected chi connectivity index (χ0v) is 11.0. The molecule has 20 heavy (non-hydrogen) atoms. The third kappa shape index (κ3) is 2.56. The number of hydrogen-bond donors (Lipinski definition) is 2. The second-order valence-electron chi connectivity index (χ2n) is 4.69. The smallest absolute Gasteiger partial charge is 0.384 e. The van der Waals surface area contributed by atoms with Crippen molar-refractivity contribution in [2.24, 2.45) is 0 Å². The monoisotopic (exact) mass is 285 g/mol. The third-order valence-corrected chi connectivity index (χ3v) is 3.17. The van der Waals surface area contributed by atoms with Crippen molar-refractivity contribution in [3.63, 3.8) is 0 Å². The van der Waals surface area contributed by atoms with E-state index in [9.17, 15) is 18.0 Å². The summed E-state index contributed by atoms with van der Waals surface area (Å²) < 4.78 is 39.6. The zero-order valence-electron chi connectivity index (χ0n) is 11.0. The summed E-state index contributed by atoms with van der Waals surface area (Å²) in [6.45, 7) is 2.97. The standard InChI is InChI=1S/C13H14F3N3O/c1-7-3-4-9(5-10(7)13(14,15)16)6-19-12(20)8(2)11(17)18-19/h3-5,18H,6,17H2,1-2H3. The van der Waals surface area contributed by atoms with Crippen molar-refractivity contribution >= 4 is 5.82 Å². The fourth-order valence-electron chi connectivity index (χ4n) is 1.96. The highest BCUT2D eigenvalue weighted by molar-refractivity contribution is 5.37. The summed E-state index contributed by atoms with van der Waals surface area (Å²) in [5.74, 6) is 0.221. The van der Waals surface area contributed by atoms with E-state index in [1.165, 1.54) is 17.7 Å². The van der Waals surface area contributed by atoms with Crippen LogP contribution in [0.2, 0.25) is 0 Å². The van der Waals surface area contributed by atoms with Crippen molar-refractivity contribution in [1.29, 1.82) is 0 Å². The van der Waals surface area contributed by atoms with Crippen LogP contribution in [0.25, 0.3) is 0 Å². The predicted molar refractivity (Wildman–Crippen MR) is 69.5 cm³/mol. The number of halogens is 3. The molecule has 0 spiro atoms. The van der Waals surface area contributed by atoms with Gasteiger partial charge in [0.1, 0.15) is 5.82 Å². The number of H-pyrrole nitrogens is 1. The van der Waals surface area contributed by atoms with Crippen molar-refractivity contribution in [3.8, 4) is 0 Å². The van der Waals surface area contributed by atoms with Crippen molar-refractivity contribution < 1.29 is 13.2 Å². The quantitative estimate of drug-likeness (QED) is 0.890. The molecule has 0 radical (unpaired) electrons. The van der Waals surface area contributed by atoms with E-state index >= 15 is 0 Å². The first-order valence-electron chi connectivity index (χ1n) is 5.91. The number of hydrogen-bond acceptors (Lipinski definition) is 2. The summed E-state index contributed by atoms with van der Waals surface area (Å²) in [7, 11) is 0. The minimum Gasteiger partial charge on any atom is -0.384 e. The molecule has 2 aromatic rings. The Hall–Kier alpha value is -2.18. The van der Waals surface area contributed by atoms with Crippen LogP contribution in [0, 0.1) is 13.8 Å². The number of aromatic nitrogens is 2. The Morgan fingerprint density at radius 2 is 1.95 bits per heavy atom. The van der Waals surface area contributed by atoms with Crippen LogP contribution in [0.4, 0.5) is 19.0 Å². The highest BCUT2D eigenvalue weighted by atomic mass is 19.4. The lowest BCUT2D eigenvalue weighted by atomic mass is 10.0. The Labute approximate surface area is 113 Å². The Kier molecular flexibility index (Phi) is 3.37. The van der Waals surface area contributed by atoms with E-state index < -0.39 is 11.7 Å². The number of aryl methyl sites for hydroxylation is 1. The highest BCUT2D eigenvalue weighted by Crippen LogP contribution is 2.32. The van der Waals surface area contributed by atoms with E-state index in [1.807, 2.05) is 0 Å². The van der Waals surface area contributed by atoms with E-state index in [2.05, 4.69) is 5.10 Å². The van der Waals surface area contributed by atoms with Gasteiger partial charge in [-0.3, -0.25) is 9.89 Å². The van der Waals surface area contributed by atoms with Crippen molar-refractivity contribution in [2.75, 3.05) is 5.73 Å². The van der Waals surface area contributed by atoms with Crippen LogP contribution in [-0.2, 0) is 12.7 Å². The molecule has 1 aromatic carbocycles. The van der Waals surface area contributed by atoms with E-state index in [1.54, 1.807) is 13.0 Å². The van der Waals surface area contributed by atoms with Crippen molar-refractivity contribution in [1.82, 2.24) is 9.78 Å². The van der Waals surface area contributed by atoms with E-state index in [0.717, 1.165) is 6.07 Å². The van der Waals surface area contributed by atoms with Gasteiger partial charge in [-0.1, -0.05) is 12.1 Å². The Morgan fingerprint density at radius 1 is 1.30 bits per heavy atom. The lowest BCUT2D eigenvalue weighted by molar-refractivity contribution is -0.138. The van der Waals surface area contributed by atoms with Crippen LogP contribution in [0.1, 0.15) is 22.3 Å². The van der Waals surface area contributed by atoms with Crippen LogP contribution in [0.15, 0.2) is 23.0 Å². The van der Waals surface area contributed by atoms with Gasteiger partial charge < -0.3 is 5.73 Å². The Balaban J connectivity index is 2.40. The maximum atomic E-state index is 12.8. The molecule has 1 heterocycles. The first kappa shape index (κ1) is 14.2. The molecule has 0 unspecified atom stereocenters. The largest absolute Gasteiger partial charge is 0.416 e. The number of nitrogens with one attached hydrogen (secondary N) is 1. The first-order chi connectivity index (χ1) is 9.20. The maximum Gasteiger partial charge on any atom is 0.416 e. The maximum absolute atomic E-state index is 12.8. The molecule has 0 bridgehead atoms. The average Bonchev–Trinajstić information content (AvgIpc) is 2.58. The number of benzene rings is 1. The van der Waals surface area contributed by atoms with Crippen LogP contribution in [0.5, 0.6) is 0 Å². The van der Waals surface area contributed by atoms with Crippen LogP contribution >= 0.6 is 0 Å². The Morgan fingerprint density at radius 3 is 2.45 bits per heavy atom. The fraction of sp³-hybridized carbons (Fsp3) is 0.308. The Bertz CT molecular complexity index is 698. The molecular formula is C13H14F3N3O. The van der Waals surface area contributed by atoms with E-state index in [-0.39, 0.29) is 23.5 Å². The molecule has 3 N–H and O–H groups in total. The molecule has 0 aliphatic heterocycles. The molecule has 0 fully saturated rings. The van der Waals surface area contributed by atoms with Gasteiger partial charge in [0.25, 0.3) is 5.56 Å². The molecule has 0 aliphatic carbocycles. The zero-order chi connectivity index (χ0) is 15.1. The second-order valence-corrected chi connectivity index (χ2v) is 4.69. The molecular weight excluding hydrogens is 271 g/mol. The number of nitrogens with zero attached hydrogens (tertiary/aromatic N) is 1. The van der Waals surface area contributed by atoms with Gasteiger partial charge in [0, 0.05) is 0 Å². The summed E-state index contributed by atoms with van der Waals surface area (Å²) >= 11 is 0. The summed E-state index contributed by atoms with van der Waals surface area (Å²) in [6.07, 6.45) is -4.41. The van der Waals surface area contributed by atoms with E-state index in [4.69, 9.17) is 5.73 Å². The number of alkyl halides is 3. The van der Waals surface area contributed by atoms with Crippen molar-refractivity contribution in [3.05, 3.63) is 50.8 Å². The lowest BCUT2D eigenvalue weighted by Crippen LogP contribution is -2.19. The number of nitrogens with two attached hydrogens (primary N) is 1. The normalized spacial score (nSPS) is 11.8. The summed E-state index contributed by atoms with van der Waals surface area (Å²) in [6, 6.07) is 4.00. The van der Waals surface area contributed by atoms with Gasteiger partial charge in [0.2, 0.25) is 0 Å². The highest BCUT2D eigenvalue weighted by Gasteiger charge is 2.32. The van der Waals surface area contributed by atoms with Gasteiger partial charge in [-0.25, -0.2) is 4.68 Å². The van der Waals surface area contributed by atoms with Crippen LogP contribution in [0.3, 0.4) is 0 Å². The SMILES string of the molecule is Cc1ccc(Cn2[nH]c(N)c(C)c2=O)cc1C(F)(F)F. The van der Waals surface area contributed by atoms with Crippen LogP contribution in [-0.4, -0.2) is 9.78 Å².